The van der Waals surface area contributed by atoms with E-state index >= 15 is 0 Å². The van der Waals surface area contributed by atoms with Crippen LogP contribution in [0.25, 0.3) is 0 Å². The van der Waals surface area contributed by atoms with Crippen LogP contribution in [0.3, 0.4) is 0 Å². The first-order valence-electron chi connectivity index (χ1n) is 7.89. The molecule has 0 bridgehead atoms. The highest BCUT2D eigenvalue weighted by Gasteiger charge is 2.23. The van der Waals surface area contributed by atoms with Crippen molar-refractivity contribution < 1.29 is 5.11 Å². The average molecular weight is 297 g/mol. The van der Waals surface area contributed by atoms with Gasteiger partial charge in [0, 0.05) is 6.42 Å². The van der Waals surface area contributed by atoms with Crippen molar-refractivity contribution >= 4 is 0 Å². The number of rotatable bonds is 4. The van der Waals surface area contributed by atoms with E-state index in [1.54, 1.807) is 0 Å². The minimum Gasteiger partial charge on any atom is -0.391 e. The van der Waals surface area contributed by atoms with Crippen molar-refractivity contribution in [3.63, 3.8) is 0 Å². The van der Waals surface area contributed by atoms with Crippen molar-refractivity contribution in [2.24, 2.45) is 5.73 Å². The third-order valence-electron chi connectivity index (χ3n) is 5.09. The predicted molar refractivity (Wildman–Crippen MR) is 93.2 cm³/mol. The monoisotopic (exact) mass is 297 g/mol. The summed E-state index contributed by atoms with van der Waals surface area (Å²) in [5.74, 6) is 0. The van der Waals surface area contributed by atoms with Gasteiger partial charge in [0.2, 0.25) is 0 Å². The molecule has 0 heterocycles. The van der Waals surface area contributed by atoms with Crippen molar-refractivity contribution in [1.29, 1.82) is 0 Å². The van der Waals surface area contributed by atoms with E-state index in [4.69, 9.17) is 5.73 Å². The van der Waals surface area contributed by atoms with Crippen molar-refractivity contribution in [2.75, 3.05) is 0 Å². The molecule has 0 aliphatic heterocycles. The summed E-state index contributed by atoms with van der Waals surface area (Å²) in [5.41, 5.74) is 14.9. The molecule has 3 N–H and O–H groups in total. The molecule has 0 saturated heterocycles. The van der Waals surface area contributed by atoms with Crippen molar-refractivity contribution in [1.82, 2.24) is 0 Å². The maximum Gasteiger partial charge on any atom is 0.0773 e. The molecule has 2 atom stereocenters. The van der Waals surface area contributed by atoms with Gasteiger partial charge in [-0.1, -0.05) is 30.3 Å². The van der Waals surface area contributed by atoms with Gasteiger partial charge in [-0.25, -0.2) is 0 Å². The highest BCUT2D eigenvalue weighted by Crippen LogP contribution is 2.31. The molecule has 0 aromatic heterocycles. The Balaban J connectivity index is 2.35. The van der Waals surface area contributed by atoms with Gasteiger partial charge in [-0.15, -0.1) is 0 Å². The summed E-state index contributed by atoms with van der Waals surface area (Å²) in [6.45, 7) is 10.6. The molecule has 22 heavy (non-hydrogen) atoms. The minimum absolute atomic E-state index is 0.363. The summed E-state index contributed by atoms with van der Waals surface area (Å²) in [6, 6.07) is 9.66. The molecule has 2 nitrogen and oxygen atoms in total. The fraction of sp³-hybridized carbons (Fsp3) is 0.400. The van der Waals surface area contributed by atoms with Crippen LogP contribution in [-0.4, -0.2) is 11.2 Å². The van der Waals surface area contributed by atoms with Gasteiger partial charge in [-0.2, -0.15) is 0 Å². The zero-order valence-corrected chi connectivity index (χ0v) is 14.3. The van der Waals surface area contributed by atoms with E-state index in [2.05, 4.69) is 34.6 Å². The molecule has 2 aromatic rings. The van der Waals surface area contributed by atoms with Crippen LogP contribution >= 0.6 is 0 Å². The standard InChI is InChI=1S/C20H27NO/c1-12-13(2)15(4)19(16(5)14(12)3)20(21)18(22)11-17-9-7-6-8-10-17/h6-10,18,20,22H,11,21H2,1-5H3/t18-,20-/m1/s1. The number of aliphatic hydroxyl groups is 1. The van der Waals surface area contributed by atoms with E-state index in [1.807, 2.05) is 30.3 Å². The molecule has 0 amide bonds. The van der Waals surface area contributed by atoms with E-state index in [0.29, 0.717) is 6.42 Å². The zero-order valence-electron chi connectivity index (χ0n) is 14.3. The van der Waals surface area contributed by atoms with Crippen LogP contribution in [0.1, 0.15) is 45.0 Å². The SMILES string of the molecule is Cc1c(C)c(C)c([C@H](N)[C@H](O)Cc2ccccc2)c(C)c1C. The molecular weight excluding hydrogens is 270 g/mol. The highest BCUT2D eigenvalue weighted by atomic mass is 16.3. The Morgan fingerprint density at radius 3 is 1.77 bits per heavy atom. The van der Waals surface area contributed by atoms with Gasteiger partial charge < -0.3 is 10.8 Å². The third kappa shape index (κ3) is 3.08. The Kier molecular flexibility index (Phi) is 5.05. The number of hydrogen-bond acceptors (Lipinski definition) is 2. The number of nitrogens with two attached hydrogens (primary N) is 1. The molecule has 0 aliphatic rings. The van der Waals surface area contributed by atoms with Crippen molar-refractivity contribution in [3.8, 4) is 0 Å². The molecule has 0 radical (unpaired) electrons. The number of hydrogen-bond donors (Lipinski definition) is 2. The van der Waals surface area contributed by atoms with Crippen LogP contribution in [0, 0.1) is 34.6 Å². The summed E-state index contributed by atoms with van der Waals surface area (Å²) in [5, 5.41) is 10.6. The van der Waals surface area contributed by atoms with Crippen LogP contribution in [0.15, 0.2) is 30.3 Å². The summed E-state index contributed by atoms with van der Waals surface area (Å²) in [7, 11) is 0. The Bertz CT molecular complexity index is 632. The lowest BCUT2D eigenvalue weighted by atomic mass is 9.84. The lowest BCUT2D eigenvalue weighted by Crippen LogP contribution is -2.30. The number of benzene rings is 2. The molecule has 0 aliphatic carbocycles. The second-order valence-corrected chi connectivity index (χ2v) is 6.32. The van der Waals surface area contributed by atoms with Gasteiger partial charge in [0.25, 0.3) is 0 Å². The Morgan fingerprint density at radius 1 is 0.818 bits per heavy atom. The summed E-state index contributed by atoms with van der Waals surface area (Å²) in [6.07, 6.45) is -0.00588. The topological polar surface area (TPSA) is 46.2 Å². The zero-order chi connectivity index (χ0) is 16.4. The second-order valence-electron chi connectivity index (χ2n) is 6.32. The summed E-state index contributed by atoms with van der Waals surface area (Å²) in [4.78, 5) is 0. The first-order chi connectivity index (χ1) is 10.3. The smallest absolute Gasteiger partial charge is 0.0773 e. The quantitative estimate of drug-likeness (QED) is 0.901. The number of aliphatic hydroxyl groups excluding tert-OH is 1. The van der Waals surface area contributed by atoms with Gasteiger partial charge in [0.05, 0.1) is 12.1 Å². The minimum atomic E-state index is -0.582. The fourth-order valence-corrected chi connectivity index (χ4v) is 3.20. The molecule has 0 saturated carbocycles. The normalized spacial score (nSPS) is 14.0. The molecule has 2 heteroatoms. The molecular formula is C20H27NO. The molecule has 0 fully saturated rings. The average Bonchev–Trinajstić information content (AvgIpc) is 2.52. The Hall–Kier alpha value is -1.64. The van der Waals surface area contributed by atoms with Crippen LogP contribution in [0.5, 0.6) is 0 Å². The van der Waals surface area contributed by atoms with Crippen LogP contribution < -0.4 is 5.73 Å². The van der Waals surface area contributed by atoms with Gasteiger partial charge in [0.15, 0.2) is 0 Å². The van der Waals surface area contributed by atoms with E-state index in [1.165, 1.54) is 27.8 Å². The first kappa shape index (κ1) is 16.7. The van der Waals surface area contributed by atoms with Crippen LogP contribution in [0.2, 0.25) is 0 Å². The molecule has 118 valence electrons. The third-order valence-corrected chi connectivity index (χ3v) is 5.09. The highest BCUT2D eigenvalue weighted by molar-refractivity contribution is 5.51. The molecule has 0 spiro atoms. The van der Waals surface area contributed by atoms with E-state index in [-0.39, 0.29) is 6.04 Å². The van der Waals surface area contributed by atoms with Crippen LogP contribution in [-0.2, 0) is 6.42 Å². The molecule has 2 rings (SSSR count). The second kappa shape index (κ2) is 6.64. The molecule has 0 unspecified atom stereocenters. The maximum absolute atomic E-state index is 10.6. The summed E-state index contributed by atoms with van der Waals surface area (Å²) < 4.78 is 0. The summed E-state index contributed by atoms with van der Waals surface area (Å²) >= 11 is 0. The van der Waals surface area contributed by atoms with E-state index in [9.17, 15) is 5.11 Å². The largest absolute Gasteiger partial charge is 0.391 e. The lowest BCUT2D eigenvalue weighted by molar-refractivity contribution is 0.144. The van der Waals surface area contributed by atoms with Gasteiger partial charge >= 0.3 is 0 Å². The molecule has 2 aromatic carbocycles. The van der Waals surface area contributed by atoms with Crippen molar-refractivity contribution in [2.45, 2.75) is 53.2 Å². The van der Waals surface area contributed by atoms with Gasteiger partial charge in [-0.05, 0) is 73.6 Å². The Morgan fingerprint density at radius 2 is 1.27 bits per heavy atom. The van der Waals surface area contributed by atoms with Crippen LogP contribution in [0.4, 0.5) is 0 Å². The first-order valence-corrected chi connectivity index (χ1v) is 7.89. The van der Waals surface area contributed by atoms with Gasteiger partial charge in [-0.3, -0.25) is 0 Å². The van der Waals surface area contributed by atoms with Crippen molar-refractivity contribution in [3.05, 3.63) is 69.3 Å². The Labute approximate surface area is 134 Å². The van der Waals surface area contributed by atoms with Gasteiger partial charge in [0.1, 0.15) is 0 Å². The fourth-order valence-electron chi connectivity index (χ4n) is 3.20. The predicted octanol–water partition coefficient (Wildman–Crippen LogP) is 3.83. The lowest BCUT2D eigenvalue weighted by Gasteiger charge is -2.26. The van der Waals surface area contributed by atoms with E-state index in [0.717, 1.165) is 11.1 Å². The van der Waals surface area contributed by atoms with E-state index < -0.39 is 6.10 Å². The maximum atomic E-state index is 10.6.